The molecule has 0 fully saturated rings. The number of benzene rings is 1. The van der Waals surface area contributed by atoms with Crippen molar-refractivity contribution in [3.63, 3.8) is 0 Å². The van der Waals surface area contributed by atoms with E-state index >= 15 is 0 Å². The summed E-state index contributed by atoms with van der Waals surface area (Å²) in [6.45, 7) is 0. The SMILES string of the molecule is CSc1ncc(C(=O)O)c(Nc2ccccc2F)n1. The molecule has 0 saturated carbocycles. The van der Waals surface area contributed by atoms with Crippen molar-refractivity contribution in [1.82, 2.24) is 9.97 Å². The molecular weight excluding hydrogens is 269 g/mol. The first-order chi connectivity index (χ1) is 9.11. The summed E-state index contributed by atoms with van der Waals surface area (Å²) in [4.78, 5) is 19.0. The van der Waals surface area contributed by atoms with Crippen molar-refractivity contribution >= 4 is 29.2 Å². The predicted octanol–water partition coefficient (Wildman–Crippen LogP) is 2.78. The van der Waals surface area contributed by atoms with Crippen LogP contribution in [-0.4, -0.2) is 27.3 Å². The zero-order valence-electron chi connectivity index (χ0n) is 9.92. The molecule has 0 bridgehead atoms. The standard InChI is InChI=1S/C12H10FN3O2S/c1-19-12-14-6-7(11(17)18)10(16-12)15-9-5-3-2-4-8(9)13/h2-6H,1H3,(H,17,18)(H,14,15,16). The number of aromatic carboxylic acids is 1. The normalized spacial score (nSPS) is 10.2. The van der Waals surface area contributed by atoms with Crippen LogP contribution in [-0.2, 0) is 0 Å². The van der Waals surface area contributed by atoms with E-state index < -0.39 is 11.8 Å². The molecule has 0 unspecified atom stereocenters. The fourth-order valence-corrected chi connectivity index (χ4v) is 1.75. The third-order valence-corrected chi connectivity index (χ3v) is 2.87. The van der Waals surface area contributed by atoms with Gasteiger partial charge in [0.15, 0.2) is 5.16 Å². The van der Waals surface area contributed by atoms with Crippen LogP contribution < -0.4 is 5.32 Å². The third kappa shape index (κ3) is 3.00. The lowest BCUT2D eigenvalue weighted by Crippen LogP contribution is -2.07. The maximum Gasteiger partial charge on any atom is 0.341 e. The molecule has 1 heterocycles. The Kier molecular flexibility index (Phi) is 3.96. The summed E-state index contributed by atoms with van der Waals surface area (Å²) in [5, 5.41) is 12.1. The number of rotatable bonds is 4. The number of thioether (sulfide) groups is 1. The lowest BCUT2D eigenvalue weighted by molar-refractivity contribution is 0.0697. The summed E-state index contributed by atoms with van der Waals surface area (Å²) in [5.74, 6) is -1.59. The highest BCUT2D eigenvalue weighted by molar-refractivity contribution is 7.98. The molecule has 1 aromatic carbocycles. The van der Waals surface area contributed by atoms with Crippen LogP contribution in [0, 0.1) is 5.82 Å². The largest absolute Gasteiger partial charge is 0.477 e. The number of nitrogens with one attached hydrogen (secondary N) is 1. The number of para-hydroxylation sites is 1. The van der Waals surface area contributed by atoms with Gasteiger partial charge in [0.2, 0.25) is 0 Å². The van der Waals surface area contributed by atoms with Crippen LogP contribution in [0.3, 0.4) is 0 Å². The minimum atomic E-state index is -1.17. The second-order valence-corrected chi connectivity index (χ2v) is 4.30. The molecule has 0 spiro atoms. The molecule has 7 heteroatoms. The smallest absolute Gasteiger partial charge is 0.341 e. The van der Waals surface area contributed by atoms with E-state index in [2.05, 4.69) is 15.3 Å². The molecule has 0 aliphatic rings. The van der Waals surface area contributed by atoms with Crippen LogP contribution >= 0.6 is 11.8 Å². The molecule has 0 radical (unpaired) electrons. The summed E-state index contributed by atoms with van der Waals surface area (Å²) in [6.07, 6.45) is 2.97. The summed E-state index contributed by atoms with van der Waals surface area (Å²) in [5.41, 5.74) is 0.0526. The van der Waals surface area contributed by atoms with Gasteiger partial charge in [-0.15, -0.1) is 0 Å². The van der Waals surface area contributed by atoms with Crippen molar-refractivity contribution in [3.8, 4) is 0 Å². The summed E-state index contributed by atoms with van der Waals surface area (Å²) < 4.78 is 13.5. The monoisotopic (exact) mass is 279 g/mol. The van der Waals surface area contributed by atoms with Gasteiger partial charge in [0, 0.05) is 6.20 Å². The molecule has 0 saturated heterocycles. The zero-order chi connectivity index (χ0) is 13.8. The van der Waals surface area contributed by atoms with E-state index in [-0.39, 0.29) is 17.1 Å². The molecule has 0 atom stereocenters. The highest BCUT2D eigenvalue weighted by atomic mass is 32.2. The van der Waals surface area contributed by atoms with Crippen molar-refractivity contribution in [2.75, 3.05) is 11.6 Å². The Morgan fingerprint density at radius 3 is 2.79 bits per heavy atom. The fraction of sp³-hybridized carbons (Fsp3) is 0.0833. The second kappa shape index (κ2) is 5.66. The van der Waals surface area contributed by atoms with Crippen molar-refractivity contribution in [1.29, 1.82) is 0 Å². The minimum absolute atomic E-state index is 0.0666. The van der Waals surface area contributed by atoms with E-state index in [9.17, 15) is 9.18 Å². The molecule has 2 N–H and O–H groups in total. The highest BCUT2D eigenvalue weighted by Gasteiger charge is 2.14. The first kappa shape index (κ1) is 13.3. The number of aromatic nitrogens is 2. The van der Waals surface area contributed by atoms with Crippen molar-refractivity contribution in [2.45, 2.75) is 5.16 Å². The number of halogens is 1. The Hall–Kier alpha value is -2.15. The van der Waals surface area contributed by atoms with Gasteiger partial charge in [-0.2, -0.15) is 0 Å². The molecule has 1 aromatic heterocycles. The Balaban J connectivity index is 2.43. The Morgan fingerprint density at radius 1 is 1.42 bits per heavy atom. The lowest BCUT2D eigenvalue weighted by atomic mass is 10.2. The van der Waals surface area contributed by atoms with Crippen LogP contribution in [0.15, 0.2) is 35.6 Å². The Morgan fingerprint density at radius 2 is 2.16 bits per heavy atom. The van der Waals surface area contributed by atoms with Gasteiger partial charge in [-0.05, 0) is 18.4 Å². The first-order valence-corrected chi connectivity index (χ1v) is 6.50. The summed E-state index contributed by atoms with van der Waals surface area (Å²) in [7, 11) is 0. The fourth-order valence-electron chi connectivity index (χ4n) is 1.41. The lowest BCUT2D eigenvalue weighted by Gasteiger charge is -2.09. The van der Waals surface area contributed by atoms with Crippen LogP contribution in [0.25, 0.3) is 0 Å². The topological polar surface area (TPSA) is 75.1 Å². The van der Waals surface area contributed by atoms with E-state index in [4.69, 9.17) is 5.11 Å². The van der Waals surface area contributed by atoms with Gasteiger partial charge in [0.1, 0.15) is 17.2 Å². The second-order valence-electron chi connectivity index (χ2n) is 3.53. The number of carboxylic acid groups (broad SMARTS) is 1. The van der Waals surface area contributed by atoms with Gasteiger partial charge >= 0.3 is 5.97 Å². The van der Waals surface area contributed by atoms with Crippen molar-refractivity contribution in [3.05, 3.63) is 41.8 Å². The van der Waals surface area contributed by atoms with Crippen molar-refractivity contribution in [2.24, 2.45) is 0 Å². The number of hydrogen-bond acceptors (Lipinski definition) is 5. The molecule has 2 aromatic rings. The maximum atomic E-state index is 13.5. The number of carbonyl (C=O) groups is 1. The molecule has 0 aliphatic carbocycles. The van der Waals surface area contributed by atoms with Gasteiger partial charge in [0.05, 0.1) is 5.69 Å². The highest BCUT2D eigenvalue weighted by Crippen LogP contribution is 2.22. The van der Waals surface area contributed by atoms with Crippen molar-refractivity contribution < 1.29 is 14.3 Å². The van der Waals surface area contributed by atoms with Gasteiger partial charge in [-0.3, -0.25) is 0 Å². The number of hydrogen-bond donors (Lipinski definition) is 2. The number of anilines is 2. The van der Waals surface area contributed by atoms with Gasteiger partial charge in [-0.1, -0.05) is 23.9 Å². The Bertz CT molecular complexity index is 622. The Labute approximate surface area is 112 Å². The van der Waals surface area contributed by atoms with E-state index in [0.717, 1.165) is 0 Å². The molecular formula is C12H10FN3O2S. The van der Waals surface area contributed by atoms with Crippen LogP contribution in [0.2, 0.25) is 0 Å². The minimum Gasteiger partial charge on any atom is -0.477 e. The zero-order valence-corrected chi connectivity index (χ0v) is 10.7. The van der Waals surface area contributed by atoms with Crippen LogP contribution in [0.4, 0.5) is 15.9 Å². The molecule has 19 heavy (non-hydrogen) atoms. The van der Waals surface area contributed by atoms with Gasteiger partial charge in [0.25, 0.3) is 0 Å². The molecule has 2 rings (SSSR count). The maximum absolute atomic E-state index is 13.5. The average Bonchev–Trinajstić information content (AvgIpc) is 2.41. The van der Waals surface area contributed by atoms with Gasteiger partial charge in [-0.25, -0.2) is 19.2 Å². The summed E-state index contributed by atoms with van der Waals surface area (Å²) >= 11 is 1.27. The quantitative estimate of drug-likeness (QED) is 0.662. The number of carboxylic acids is 1. The van der Waals surface area contributed by atoms with Crippen LogP contribution in [0.5, 0.6) is 0 Å². The van der Waals surface area contributed by atoms with Gasteiger partial charge < -0.3 is 10.4 Å². The van der Waals surface area contributed by atoms with E-state index in [0.29, 0.717) is 5.16 Å². The third-order valence-electron chi connectivity index (χ3n) is 2.31. The van der Waals surface area contributed by atoms with E-state index in [1.807, 2.05) is 0 Å². The first-order valence-electron chi connectivity index (χ1n) is 5.27. The van der Waals surface area contributed by atoms with E-state index in [1.165, 1.54) is 30.1 Å². The van der Waals surface area contributed by atoms with Crippen LogP contribution in [0.1, 0.15) is 10.4 Å². The average molecular weight is 279 g/mol. The number of nitrogens with zero attached hydrogens (tertiary/aromatic N) is 2. The molecule has 5 nitrogen and oxygen atoms in total. The predicted molar refractivity (Wildman–Crippen MR) is 70.5 cm³/mol. The molecule has 0 aliphatic heterocycles. The molecule has 98 valence electrons. The summed E-state index contributed by atoms with van der Waals surface area (Å²) in [6, 6.07) is 5.97. The molecule has 0 amide bonds. The van der Waals surface area contributed by atoms with E-state index in [1.54, 1.807) is 18.4 Å².